The molecule has 1 unspecified atom stereocenters. The van der Waals surface area contributed by atoms with E-state index in [9.17, 15) is 15.2 Å². The number of hydrogen-bond acceptors (Lipinski definition) is 5. The summed E-state index contributed by atoms with van der Waals surface area (Å²) in [6, 6.07) is 23.4. The Morgan fingerprint density at radius 1 is 0.963 bits per heavy atom. The van der Waals surface area contributed by atoms with Gasteiger partial charge in [-0.2, -0.15) is 5.10 Å². The van der Waals surface area contributed by atoms with Gasteiger partial charge in [0.05, 0.1) is 22.4 Å². The summed E-state index contributed by atoms with van der Waals surface area (Å²) in [6.07, 6.45) is 0.700. The molecule has 0 fully saturated rings. The van der Waals surface area contributed by atoms with Crippen LogP contribution in [0.1, 0.15) is 23.6 Å². The molecular weight excluding hydrogens is 342 g/mol. The van der Waals surface area contributed by atoms with Crippen molar-refractivity contribution in [3.63, 3.8) is 0 Å². The monoisotopic (exact) mass is 359 g/mol. The first-order valence-corrected chi connectivity index (χ1v) is 8.57. The van der Waals surface area contributed by atoms with Crippen LogP contribution in [0.15, 0.2) is 84.0 Å². The van der Waals surface area contributed by atoms with Gasteiger partial charge in [-0.15, -0.1) is 0 Å². The topological polar surface area (TPSA) is 79.0 Å². The van der Waals surface area contributed by atoms with Crippen molar-refractivity contribution in [1.82, 2.24) is 0 Å². The molecule has 0 aromatic heterocycles. The highest BCUT2D eigenvalue weighted by Gasteiger charge is 2.30. The minimum Gasteiger partial charge on any atom is -0.508 e. The van der Waals surface area contributed by atoms with Gasteiger partial charge in [0.1, 0.15) is 5.75 Å². The maximum Gasteiger partial charge on any atom is 0.269 e. The second kappa shape index (κ2) is 6.92. The van der Waals surface area contributed by atoms with Crippen LogP contribution in [0.2, 0.25) is 0 Å². The molecule has 1 aliphatic rings. The van der Waals surface area contributed by atoms with Crippen LogP contribution in [0, 0.1) is 10.1 Å². The Labute approximate surface area is 156 Å². The van der Waals surface area contributed by atoms with E-state index in [1.54, 1.807) is 24.3 Å². The summed E-state index contributed by atoms with van der Waals surface area (Å²) in [7, 11) is 0. The van der Waals surface area contributed by atoms with E-state index in [4.69, 9.17) is 5.10 Å². The molecule has 134 valence electrons. The van der Waals surface area contributed by atoms with Crippen LogP contribution in [0.25, 0.3) is 0 Å². The second-order valence-electron chi connectivity index (χ2n) is 6.34. The average molecular weight is 359 g/mol. The summed E-state index contributed by atoms with van der Waals surface area (Å²) in [4.78, 5) is 10.5. The third kappa shape index (κ3) is 3.37. The zero-order valence-corrected chi connectivity index (χ0v) is 14.4. The fourth-order valence-electron chi connectivity index (χ4n) is 3.24. The van der Waals surface area contributed by atoms with E-state index in [1.807, 2.05) is 47.5 Å². The Hall–Kier alpha value is -3.67. The molecule has 1 heterocycles. The van der Waals surface area contributed by atoms with Crippen LogP contribution in [0.4, 0.5) is 11.4 Å². The van der Waals surface area contributed by atoms with Crippen LogP contribution in [0.3, 0.4) is 0 Å². The van der Waals surface area contributed by atoms with Crippen LogP contribution in [0.5, 0.6) is 5.75 Å². The average Bonchev–Trinajstić information content (AvgIpc) is 3.15. The molecule has 0 amide bonds. The molecule has 0 aliphatic carbocycles. The molecule has 6 nitrogen and oxygen atoms in total. The first-order chi connectivity index (χ1) is 13.1. The van der Waals surface area contributed by atoms with Gasteiger partial charge in [-0.3, -0.25) is 15.1 Å². The first kappa shape index (κ1) is 16.8. The number of phenols is 1. The standard InChI is InChI=1S/C21H17N3O3/c25-19-12-6-16(7-13-19)21-14-20(15-4-2-1-3-5-15)22-23(21)17-8-10-18(11-9-17)24(26)27/h1-13,21,25H,14H2. The summed E-state index contributed by atoms with van der Waals surface area (Å²) in [5.74, 6) is 0.211. The summed E-state index contributed by atoms with van der Waals surface area (Å²) in [5.41, 5.74) is 3.84. The normalized spacial score (nSPS) is 16.2. The molecule has 0 spiro atoms. The number of rotatable bonds is 4. The smallest absolute Gasteiger partial charge is 0.269 e. The summed E-state index contributed by atoms with van der Waals surface area (Å²) >= 11 is 0. The van der Waals surface area contributed by atoms with Gasteiger partial charge in [-0.05, 0) is 35.4 Å². The highest BCUT2D eigenvalue weighted by atomic mass is 16.6. The Morgan fingerprint density at radius 3 is 2.26 bits per heavy atom. The van der Waals surface area contributed by atoms with Crippen LogP contribution >= 0.6 is 0 Å². The highest BCUT2D eigenvalue weighted by molar-refractivity contribution is 6.03. The first-order valence-electron chi connectivity index (χ1n) is 8.57. The molecule has 27 heavy (non-hydrogen) atoms. The molecule has 0 saturated carbocycles. The van der Waals surface area contributed by atoms with Gasteiger partial charge in [0.25, 0.3) is 5.69 Å². The van der Waals surface area contributed by atoms with E-state index in [0.717, 1.165) is 22.5 Å². The number of nitro groups is 1. The zero-order valence-electron chi connectivity index (χ0n) is 14.4. The summed E-state index contributed by atoms with van der Waals surface area (Å²) in [5, 5.41) is 27.2. The van der Waals surface area contributed by atoms with Crippen LogP contribution in [-0.4, -0.2) is 15.7 Å². The number of hydrazone groups is 1. The molecule has 6 heteroatoms. The van der Waals surface area contributed by atoms with Gasteiger partial charge in [0, 0.05) is 18.6 Å². The van der Waals surface area contributed by atoms with Gasteiger partial charge in [0.15, 0.2) is 0 Å². The number of non-ortho nitro benzene ring substituents is 1. The SMILES string of the molecule is O=[N+]([O-])c1ccc(N2N=C(c3ccccc3)CC2c2ccc(O)cc2)cc1. The molecular formula is C21H17N3O3. The van der Waals surface area contributed by atoms with Crippen molar-refractivity contribution in [2.45, 2.75) is 12.5 Å². The molecule has 3 aromatic rings. The summed E-state index contributed by atoms with van der Waals surface area (Å²) < 4.78 is 0. The number of nitro benzene ring substituents is 1. The molecule has 1 atom stereocenters. The minimum atomic E-state index is -0.413. The van der Waals surface area contributed by atoms with Crippen molar-refractivity contribution in [2.24, 2.45) is 5.10 Å². The lowest BCUT2D eigenvalue weighted by Gasteiger charge is -2.24. The van der Waals surface area contributed by atoms with Crippen molar-refractivity contribution in [1.29, 1.82) is 0 Å². The van der Waals surface area contributed by atoms with Crippen molar-refractivity contribution in [3.05, 3.63) is 100 Å². The lowest BCUT2D eigenvalue weighted by molar-refractivity contribution is -0.384. The number of benzene rings is 3. The largest absolute Gasteiger partial charge is 0.508 e. The third-order valence-corrected chi connectivity index (χ3v) is 4.62. The van der Waals surface area contributed by atoms with E-state index >= 15 is 0 Å². The van der Waals surface area contributed by atoms with Crippen LogP contribution in [-0.2, 0) is 0 Å². The number of hydrogen-bond donors (Lipinski definition) is 1. The van der Waals surface area contributed by atoms with E-state index in [0.29, 0.717) is 6.42 Å². The van der Waals surface area contributed by atoms with E-state index in [1.165, 1.54) is 12.1 Å². The van der Waals surface area contributed by atoms with Gasteiger partial charge in [-0.1, -0.05) is 42.5 Å². The van der Waals surface area contributed by atoms with E-state index in [2.05, 4.69) is 0 Å². The number of aromatic hydroxyl groups is 1. The molecule has 0 radical (unpaired) electrons. The second-order valence-corrected chi connectivity index (χ2v) is 6.34. The Balaban J connectivity index is 1.73. The van der Waals surface area contributed by atoms with E-state index < -0.39 is 4.92 Å². The highest BCUT2D eigenvalue weighted by Crippen LogP contribution is 2.37. The number of phenolic OH excluding ortho intramolecular Hbond substituents is 1. The summed E-state index contributed by atoms with van der Waals surface area (Å²) in [6.45, 7) is 0. The van der Waals surface area contributed by atoms with Crippen molar-refractivity contribution >= 4 is 17.1 Å². The fourth-order valence-corrected chi connectivity index (χ4v) is 3.24. The quantitative estimate of drug-likeness (QED) is 0.543. The molecule has 1 N–H and O–H groups in total. The molecule has 4 rings (SSSR count). The van der Waals surface area contributed by atoms with Gasteiger partial charge in [-0.25, -0.2) is 0 Å². The minimum absolute atomic E-state index is 0.0476. The molecule has 3 aromatic carbocycles. The molecule has 0 bridgehead atoms. The number of nitrogens with zero attached hydrogens (tertiary/aromatic N) is 3. The lowest BCUT2D eigenvalue weighted by Crippen LogP contribution is -2.18. The molecule has 1 aliphatic heterocycles. The molecule has 0 saturated heterocycles. The van der Waals surface area contributed by atoms with E-state index in [-0.39, 0.29) is 17.5 Å². The maximum absolute atomic E-state index is 10.9. The van der Waals surface area contributed by atoms with Crippen LogP contribution < -0.4 is 5.01 Å². The van der Waals surface area contributed by atoms with Gasteiger partial charge < -0.3 is 5.11 Å². The lowest BCUT2D eigenvalue weighted by atomic mass is 9.98. The Bertz CT molecular complexity index is 983. The number of anilines is 1. The maximum atomic E-state index is 10.9. The van der Waals surface area contributed by atoms with Crippen molar-refractivity contribution in [2.75, 3.05) is 5.01 Å². The predicted octanol–water partition coefficient (Wildman–Crippen LogP) is 4.66. The Morgan fingerprint density at radius 2 is 1.63 bits per heavy atom. The zero-order chi connectivity index (χ0) is 18.8. The predicted molar refractivity (Wildman–Crippen MR) is 104 cm³/mol. The van der Waals surface area contributed by atoms with Crippen molar-refractivity contribution in [3.8, 4) is 5.75 Å². The van der Waals surface area contributed by atoms with Crippen molar-refractivity contribution < 1.29 is 10.0 Å². The third-order valence-electron chi connectivity index (χ3n) is 4.62. The fraction of sp³-hybridized carbons (Fsp3) is 0.0952. The Kier molecular flexibility index (Phi) is 4.30. The van der Waals surface area contributed by atoms with Gasteiger partial charge >= 0.3 is 0 Å². The van der Waals surface area contributed by atoms with Gasteiger partial charge in [0.2, 0.25) is 0 Å².